The monoisotopic (exact) mass is 412 g/mol. The highest BCUT2D eigenvalue weighted by molar-refractivity contribution is 5.76. The molecule has 1 saturated heterocycles. The Bertz CT molecular complexity index is 1170. The van der Waals surface area contributed by atoms with Gasteiger partial charge in [-0.2, -0.15) is 0 Å². The van der Waals surface area contributed by atoms with Crippen LogP contribution in [-0.4, -0.2) is 38.4 Å². The predicted octanol–water partition coefficient (Wildman–Crippen LogP) is 1.66. The Balaban J connectivity index is 1.41. The fourth-order valence-electron chi connectivity index (χ4n) is 3.66. The summed E-state index contributed by atoms with van der Waals surface area (Å²) in [5.41, 5.74) is -0.316. The number of piperidine rings is 1. The highest BCUT2D eigenvalue weighted by atomic mass is 19.1. The van der Waals surface area contributed by atoms with Gasteiger partial charge in [0.15, 0.2) is 5.89 Å². The lowest BCUT2D eigenvalue weighted by atomic mass is 9.98. The summed E-state index contributed by atoms with van der Waals surface area (Å²) in [6.45, 7) is 0.889. The van der Waals surface area contributed by atoms with Crippen molar-refractivity contribution in [2.45, 2.75) is 31.7 Å². The molecule has 1 aliphatic rings. The molecule has 0 aliphatic carbocycles. The van der Waals surface area contributed by atoms with E-state index < -0.39 is 11.2 Å². The summed E-state index contributed by atoms with van der Waals surface area (Å²) >= 11 is 0. The van der Waals surface area contributed by atoms with Crippen LogP contribution < -0.4 is 11.2 Å². The van der Waals surface area contributed by atoms with Gasteiger partial charge in [0, 0.05) is 31.8 Å². The van der Waals surface area contributed by atoms with Crippen LogP contribution in [0.4, 0.5) is 4.39 Å². The number of carbonyl (C=O) groups excluding carboxylic acids is 1. The molecule has 0 radical (unpaired) electrons. The van der Waals surface area contributed by atoms with E-state index in [1.807, 2.05) is 6.07 Å². The molecule has 4 rings (SSSR count). The number of benzene rings is 1. The van der Waals surface area contributed by atoms with Crippen molar-refractivity contribution in [3.05, 3.63) is 86.6 Å². The fourth-order valence-corrected chi connectivity index (χ4v) is 3.66. The van der Waals surface area contributed by atoms with Crippen LogP contribution in [0.25, 0.3) is 0 Å². The summed E-state index contributed by atoms with van der Waals surface area (Å²) in [6.07, 6.45) is 5.02. The van der Waals surface area contributed by atoms with E-state index in [9.17, 15) is 18.8 Å². The smallest absolute Gasteiger partial charge is 0.328 e. The van der Waals surface area contributed by atoms with Crippen LogP contribution in [0.15, 0.2) is 56.7 Å². The molecule has 30 heavy (non-hydrogen) atoms. The number of halogens is 1. The molecule has 1 atom stereocenters. The highest BCUT2D eigenvalue weighted by Gasteiger charge is 2.28. The molecule has 1 aliphatic heterocycles. The first-order valence-electron chi connectivity index (χ1n) is 9.74. The Hall–Kier alpha value is -3.49. The normalized spacial score (nSPS) is 16.6. The molecular formula is C21H21FN4O4. The number of hydrogen-bond acceptors (Lipinski definition) is 5. The zero-order valence-corrected chi connectivity index (χ0v) is 16.2. The number of aromatic amines is 1. The summed E-state index contributed by atoms with van der Waals surface area (Å²) in [6, 6.07) is 7.54. The lowest BCUT2D eigenvalue weighted by Crippen LogP contribution is -2.42. The van der Waals surface area contributed by atoms with Crippen molar-refractivity contribution in [3.8, 4) is 0 Å². The Morgan fingerprint density at radius 2 is 2.17 bits per heavy atom. The van der Waals surface area contributed by atoms with E-state index in [4.69, 9.17) is 4.42 Å². The van der Waals surface area contributed by atoms with Gasteiger partial charge in [-0.3, -0.25) is 19.1 Å². The number of rotatable bonds is 5. The first-order valence-corrected chi connectivity index (χ1v) is 9.74. The average Bonchev–Trinajstić information content (AvgIpc) is 3.19. The first kappa shape index (κ1) is 19.8. The van der Waals surface area contributed by atoms with Gasteiger partial charge in [-0.05, 0) is 30.5 Å². The molecule has 1 amide bonds. The molecule has 8 nitrogen and oxygen atoms in total. The van der Waals surface area contributed by atoms with Gasteiger partial charge < -0.3 is 9.32 Å². The van der Waals surface area contributed by atoms with E-state index in [2.05, 4.69) is 9.97 Å². The Morgan fingerprint density at radius 3 is 2.97 bits per heavy atom. The molecular weight excluding hydrogens is 391 g/mol. The lowest BCUT2D eigenvalue weighted by Gasteiger charge is -2.31. The second-order valence-electron chi connectivity index (χ2n) is 7.39. The van der Waals surface area contributed by atoms with Crippen molar-refractivity contribution < 1.29 is 13.6 Å². The quantitative estimate of drug-likeness (QED) is 0.687. The summed E-state index contributed by atoms with van der Waals surface area (Å²) in [5.74, 6) is 0.644. The van der Waals surface area contributed by atoms with Gasteiger partial charge in [-0.15, -0.1) is 0 Å². The molecule has 1 unspecified atom stereocenters. The minimum atomic E-state index is -0.612. The van der Waals surface area contributed by atoms with Gasteiger partial charge in [-0.1, -0.05) is 12.1 Å². The van der Waals surface area contributed by atoms with Crippen LogP contribution in [0.1, 0.15) is 36.0 Å². The second-order valence-corrected chi connectivity index (χ2v) is 7.39. The number of oxazole rings is 1. The first-order chi connectivity index (χ1) is 14.5. The molecule has 0 saturated carbocycles. The number of nitrogens with one attached hydrogen (secondary N) is 1. The molecule has 1 N–H and O–H groups in total. The summed E-state index contributed by atoms with van der Waals surface area (Å²) in [7, 11) is 0. The molecule has 3 heterocycles. The maximum absolute atomic E-state index is 13.4. The van der Waals surface area contributed by atoms with Crippen LogP contribution in [-0.2, 0) is 17.8 Å². The van der Waals surface area contributed by atoms with Crippen LogP contribution in [0.3, 0.4) is 0 Å². The van der Waals surface area contributed by atoms with Gasteiger partial charge in [0.25, 0.3) is 5.56 Å². The molecule has 0 spiro atoms. The van der Waals surface area contributed by atoms with Gasteiger partial charge in [0.1, 0.15) is 18.1 Å². The molecule has 2 aromatic heterocycles. The highest BCUT2D eigenvalue weighted by Crippen LogP contribution is 2.27. The Labute approximate surface area is 171 Å². The topological polar surface area (TPSA) is 101 Å². The molecule has 1 aromatic carbocycles. The van der Waals surface area contributed by atoms with E-state index in [1.165, 1.54) is 29.0 Å². The third-order valence-corrected chi connectivity index (χ3v) is 5.16. The van der Waals surface area contributed by atoms with Crippen molar-refractivity contribution in [2.75, 3.05) is 13.1 Å². The maximum atomic E-state index is 13.4. The predicted molar refractivity (Wildman–Crippen MR) is 106 cm³/mol. The third-order valence-electron chi connectivity index (χ3n) is 5.16. The van der Waals surface area contributed by atoms with E-state index in [0.29, 0.717) is 31.2 Å². The fraction of sp³-hybridized carbons (Fsp3) is 0.333. The third kappa shape index (κ3) is 4.56. The zero-order chi connectivity index (χ0) is 21.1. The van der Waals surface area contributed by atoms with E-state index in [0.717, 1.165) is 18.4 Å². The van der Waals surface area contributed by atoms with Crippen molar-refractivity contribution in [1.82, 2.24) is 19.4 Å². The van der Waals surface area contributed by atoms with Crippen LogP contribution in [0.5, 0.6) is 0 Å². The molecule has 0 bridgehead atoms. The van der Waals surface area contributed by atoms with Gasteiger partial charge >= 0.3 is 5.69 Å². The van der Waals surface area contributed by atoms with Crippen molar-refractivity contribution >= 4 is 5.91 Å². The Kier molecular flexibility index (Phi) is 5.60. The minimum Gasteiger partial charge on any atom is -0.445 e. The van der Waals surface area contributed by atoms with Crippen molar-refractivity contribution in [3.63, 3.8) is 0 Å². The molecule has 1 fully saturated rings. The number of likely N-dealkylation sites (tertiary alicyclic amines) is 1. The number of amides is 1. The van der Waals surface area contributed by atoms with Gasteiger partial charge in [-0.25, -0.2) is 14.2 Å². The zero-order valence-electron chi connectivity index (χ0n) is 16.2. The lowest BCUT2D eigenvalue weighted by molar-refractivity contribution is -0.133. The van der Waals surface area contributed by atoms with E-state index in [-0.39, 0.29) is 24.2 Å². The minimum absolute atomic E-state index is 0.0451. The van der Waals surface area contributed by atoms with E-state index in [1.54, 1.807) is 17.2 Å². The number of nitrogens with zero attached hydrogens (tertiary/aromatic N) is 3. The van der Waals surface area contributed by atoms with Crippen LogP contribution in [0.2, 0.25) is 0 Å². The summed E-state index contributed by atoms with van der Waals surface area (Å²) < 4.78 is 20.4. The SMILES string of the molecule is O=C(Cn1ccc(=O)[nH]c1=O)N1CCCC(c2ncc(Cc3cccc(F)c3)o2)C1. The summed E-state index contributed by atoms with van der Waals surface area (Å²) in [4.78, 5) is 43.8. The van der Waals surface area contributed by atoms with Gasteiger partial charge in [0.05, 0.1) is 12.1 Å². The van der Waals surface area contributed by atoms with Crippen LogP contribution >= 0.6 is 0 Å². The largest absolute Gasteiger partial charge is 0.445 e. The Morgan fingerprint density at radius 1 is 1.30 bits per heavy atom. The number of hydrogen-bond donors (Lipinski definition) is 1. The summed E-state index contributed by atoms with van der Waals surface area (Å²) in [5, 5.41) is 0. The molecule has 156 valence electrons. The maximum Gasteiger partial charge on any atom is 0.328 e. The second kappa shape index (κ2) is 8.48. The van der Waals surface area contributed by atoms with Gasteiger partial charge in [0.2, 0.25) is 5.91 Å². The van der Waals surface area contributed by atoms with E-state index >= 15 is 0 Å². The number of aromatic nitrogens is 3. The average molecular weight is 412 g/mol. The molecule has 3 aromatic rings. The molecule has 9 heteroatoms. The van der Waals surface area contributed by atoms with Crippen molar-refractivity contribution in [2.24, 2.45) is 0 Å². The number of carbonyl (C=O) groups is 1. The van der Waals surface area contributed by atoms with Crippen LogP contribution in [0, 0.1) is 5.82 Å². The number of H-pyrrole nitrogens is 1. The standard InChI is InChI=1S/C21H21FN4O4/c22-16-5-1-3-14(9-16)10-17-11-23-20(30-17)15-4-2-7-25(12-15)19(28)13-26-8-6-18(27)24-21(26)29/h1,3,5-6,8-9,11,15H,2,4,7,10,12-13H2,(H,24,27,29). The van der Waals surface area contributed by atoms with Crippen molar-refractivity contribution in [1.29, 1.82) is 0 Å².